The largest absolute Gasteiger partial charge is 0.462 e. The second kappa shape index (κ2) is 4.65. The fourth-order valence-electron chi connectivity index (χ4n) is 8.26. The molecule has 0 saturated heterocycles. The first-order valence-electron chi connectivity index (χ1n) is 10.1. The van der Waals surface area contributed by atoms with Gasteiger partial charge in [0.25, 0.3) is 0 Å². The molecule has 9 atom stereocenters. The van der Waals surface area contributed by atoms with Gasteiger partial charge >= 0.3 is 5.97 Å². The molecular weight excluding hydrogens is 300 g/mol. The lowest BCUT2D eigenvalue weighted by molar-refractivity contribution is -0.158. The Morgan fingerprint density at radius 2 is 1.79 bits per heavy atom. The fourth-order valence-corrected chi connectivity index (χ4v) is 8.26. The molecule has 0 bridgehead atoms. The summed E-state index contributed by atoms with van der Waals surface area (Å²) in [6.45, 7) is 6.44. The van der Waals surface area contributed by atoms with Crippen LogP contribution in [-0.4, -0.2) is 17.9 Å². The summed E-state index contributed by atoms with van der Waals surface area (Å²) in [6, 6.07) is 0. The zero-order valence-corrected chi connectivity index (χ0v) is 15.2. The lowest BCUT2D eigenvalue weighted by atomic mass is 9.49. The lowest BCUT2D eigenvalue weighted by Crippen LogP contribution is -2.51. The highest BCUT2D eigenvalue weighted by Crippen LogP contribution is 2.75. The first kappa shape index (κ1) is 15.4. The Hall–Kier alpha value is -0.860. The predicted molar refractivity (Wildman–Crippen MR) is 90.0 cm³/mol. The van der Waals surface area contributed by atoms with Gasteiger partial charge < -0.3 is 4.74 Å². The standard InChI is InChI=1S/C21H30O3/c1-11(22)24-17-5-4-14-12-10-13-18-16(23)7-9-21(3,19(13)18)15(12)6-8-20(14,17)2/h12-15,17-19H,4-10H2,1-3H3/t12-,13?,14-,15-,17-,18+,19+,20-,21+/m0/s1. The molecule has 0 N–H and O–H groups in total. The van der Waals surface area contributed by atoms with Crippen molar-refractivity contribution in [3.05, 3.63) is 0 Å². The van der Waals surface area contributed by atoms with E-state index in [4.69, 9.17) is 4.74 Å². The number of carbonyl (C=O) groups is 2. The molecule has 5 saturated carbocycles. The predicted octanol–water partition coefficient (Wildman–Crippen LogP) is 4.00. The van der Waals surface area contributed by atoms with Crippen LogP contribution in [0.15, 0.2) is 0 Å². The molecule has 3 heteroatoms. The number of hydrogen-bond donors (Lipinski definition) is 0. The number of fused-ring (bicyclic) bond motifs is 5. The van der Waals surface area contributed by atoms with Crippen molar-refractivity contribution < 1.29 is 14.3 Å². The van der Waals surface area contributed by atoms with Crippen molar-refractivity contribution in [2.45, 2.75) is 71.8 Å². The number of hydrogen-bond acceptors (Lipinski definition) is 3. The summed E-state index contributed by atoms with van der Waals surface area (Å²) < 4.78 is 5.74. The zero-order chi connectivity index (χ0) is 16.9. The molecule has 0 heterocycles. The van der Waals surface area contributed by atoms with Crippen molar-refractivity contribution in [3.8, 4) is 0 Å². The Bertz CT molecular complexity index is 612. The van der Waals surface area contributed by atoms with Gasteiger partial charge in [0.1, 0.15) is 11.9 Å². The average Bonchev–Trinajstić information content (AvgIpc) is 3.16. The van der Waals surface area contributed by atoms with E-state index in [0.717, 1.165) is 31.1 Å². The highest BCUT2D eigenvalue weighted by molar-refractivity contribution is 5.86. The van der Waals surface area contributed by atoms with Crippen molar-refractivity contribution in [2.75, 3.05) is 0 Å². The number of ether oxygens (including phenoxy) is 1. The molecule has 0 spiro atoms. The third-order valence-electron chi connectivity index (χ3n) is 9.26. The maximum Gasteiger partial charge on any atom is 0.302 e. The van der Waals surface area contributed by atoms with Crippen molar-refractivity contribution in [2.24, 2.45) is 46.3 Å². The molecule has 0 aliphatic heterocycles. The van der Waals surface area contributed by atoms with Gasteiger partial charge in [-0.05, 0) is 73.5 Å². The van der Waals surface area contributed by atoms with Crippen LogP contribution in [0.25, 0.3) is 0 Å². The van der Waals surface area contributed by atoms with Gasteiger partial charge in [-0.2, -0.15) is 0 Å². The Labute approximate surface area is 144 Å². The molecule has 0 aromatic rings. The summed E-state index contributed by atoms with van der Waals surface area (Å²) in [4.78, 5) is 23.9. The van der Waals surface area contributed by atoms with Crippen LogP contribution < -0.4 is 0 Å². The minimum atomic E-state index is -0.122. The van der Waals surface area contributed by atoms with Gasteiger partial charge in [-0.25, -0.2) is 0 Å². The third kappa shape index (κ3) is 1.74. The van der Waals surface area contributed by atoms with Gasteiger partial charge in [0, 0.05) is 24.7 Å². The van der Waals surface area contributed by atoms with Gasteiger partial charge in [-0.15, -0.1) is 0 Å². The van der Waals surface area contributed by atoms with E-state index in [0.29, 0.717) is 34.9 Å². The van der Waals surface area contributed by atoms with Gasteiger partial charge in [0.15, 0.2) is 0 Å². The maximum absolute atomic E-state index is 12.3. The quantitative estimate of drug-likeness (QED) is 0.683. The van der Waals surface area contributed by atoms with Crippen LogP contribution in [0.4, 0.5) is 0 Å². The normalized spacial score (nSPS) is 57.6. The Morgan fingerprint density at radius 1 is 1.04 bits per heavy atom. The molecule has 0 aromatic carbocycles. The number of rotatable bonds is 1. The highest BCUT2D eigenvalue weighted by Gasteiger charge is 2.72. The first-order chi connectivity index (χ1) is 11.4. The summed E-state index contributed by atoms with van der Waals surface area (Å²) in [5.74, 6) is 4.48. The van der Waals surface area contributed by atoms with Crippen LogP contribution in [0.1, 0.15) is 65.7 Å². The minimum absolute atomic E-state index is 0.117. The van der Waals surface area contributed by atoms with E-state index < -0.39 is 0 Å². The van der Waals surface area contributed by atoms with Crippen molar-refractivity contribution in [1.82, 2.24) is 0 Å². The van der Waals surface area contributed by atoms with Crippen LogP contribution in [0.5, 0.6) is 0 Å². The summed E-state index contributed by atoms with van der Waals surface area (Å²) in [6.07, 6.45) is 8.06. The van der Waals surface area contributed by atoms with E-state index in [2.05, 4.69) is 13.8 Å². The smallest absolute Gasteiger partial charge is 0.302 e. The summed E-state index contributed by atoms with van der Waals surface area (Å²) in [5.41, 5.74) is 0.579. The van der Waals surface area contributed by atoms with E-state index in [-0.39, 0.29) is 17.5 Å². The molecule has 1 unspecified atom stereocenters. The van der Waals surface area contributed by atoms with Crippen molar-refractivity contribution >= 4 is 11.8 Å². The van der Waals surface area contributed by atoms with E-state index >= 15 is 0 Å². The van der Waals surface area contributed by atoms with Crippen molar-refractivity contribution in [1.29, 1.82) is 0 Å². The van der Waals surface area contributed by atoms with E-state index in [9.17, 15) is 9.59 Å². The second-order valence-corrected chi connectivity index (χ2v) is 10.0. The van der Waals surface area contributed by atoms with Crippen LogP contribution in [0.2, 0.25) is 0 Å². The number of Topliss-reactive ketones (excluding diaryl/α,β-unsaturated/α-hetero) is 1. The molecule has 0 aromatic heterocycles. The molecule has 3 nitrogen and oxygen atoms in total. The van der Waals surface area contributed by atoms with Gasteiger partial charge in [0.05, 0.1) is 0 Å². The van der Waals surface area contributed by atoms with E-state index in [1.165, 1.54) is 25.7 Å². The minimum Gasteiger partial charge on any atom is -0.462 e. The average molecular weight is 330 g/mol. The van der Waals surface area contributed by atoms with Crippen LogP contribution in [0.3, 0.4) is 0 Å². The lowest BCUT2D eigenvalue weighted by Gasteiger charge is -2.56. The Kier molecular flexibility index (Phi) is 2.98. The molecule has 5 fully saturated rings. The molecule has 5 rings (SSSR count). The zero-order valence-electron chi connectivity index (χ0n) is 15.2. The summed E-state index contributed by atoms with van der Waals surface area (Å²) >= 11 is 0. The van der Waals surface area contributed by atoms with Crippen LogP contribution in [0, 0.1) is 46.3 Å². The molecule has 0 amide bonds. The Balaban J connectivity index is 1.46. The number of esters is 1. The van der Waals surface area contributed by atoms with Gasteiger partial charge in [-0.3, -0.25) is 9.59 Å². The molecule has 132 valence electrons. The maximum atomic E-state index is 12.3. The number of ketones is 1. The second-order valence-electron chi connectivity index (χ2n) is 10.0. The first-order valence-corrected chi connectivity index (χ1v) is 10.1. The summed E-state index contributed by atoms with van der Waals surface area (Å²) in [7, 11) is 0. The molecule has 5 aliphatic rings. The van der Waals surface area contributed by atoms with Crippen LogP contribution in [-0.2, 0) is 14.3 Å². The van der Waals surface area contributed by atoms with Crippen LogP contribution >= 0.6 is 0 Å². The molecule has 24 heavy (non-hydrogen) atoms. The van der Waals surface area contributed by atoms with Gasteiger partial charge in [-0.1, -0.05) is 13.8 Å². The summed E-state index contributed by atoms with van der Waals surface area (Å²) in [5, 5.41) is 0. The fraction of sp³-hybridized carbons (Fsp3) is 0.905. The molecule has 0 radical (unpaired) electrons. The Morgan fingerprint density at radius 3 is 2.54 bits per heavy atom. The highest BCUT2D eigenvalue weighted by atomic mass is 16.5. The molecule has 5 aliphatic carbocycles. The van der Waals surface area contributed by atoms with E-state index in [1.807, 2.05) is 0 Å². The third-order valence-corrected chi connectivity index (χ3v) is 9.26. The van der Waals surface area contributed by atoms with Crippen molar-refractivity contribution in [3.63, 3.8) is 0 Å². The monoisotopic (exact) mass is 330 g/mol. The SMILES string of the molecule is CC(=O)O[C@H]1CC[C@H]2[C@@H]3CC4[C@@H]5[C@H]4C(=O)CC[C@]5(C)[C@H]3CC[C@]12C. The number of carbonyl (C=O) groups excluding carboxylic acids is 2. The topological polar surface area (TPSA) is 43.4 Å². The van der Waals surface area contributed by atoms with E-state index in [1.54, 1.807) is 6.92 Å². The van der Waals surface area contributed by atoms with Gasteiger partial charge in [0.2, 0.25) is 0 Å². The molecular formula is C21H30O3.